The normalized spacial score (nSPS) is 12.3. The van der Waals surface area contributed by atoms with Crippen LogP contribution in [0.3, 0.4) is 0 Å². The Morgan fingerprint density at radius 3 is 3.16 bits per heavy atom. The first-order chi connectivity index (χ1) is 9.22. The predicted octanol–water partition coefficient (Wildman–Crippen LogP) is 2.27. The summed E-state index contributed by atoms with van der Waals surface area (Å²) in [5.74, 6) is 3.39. The van der Waals surface area contributed by atoms with E-state index in [0.717, 1.165) is 28.5 Å². The zero-order valence-electron chi connectivity index (χ0n) is 11.1. The highest BCUT2D eigenvalue weighted by Gasteiger charge is 2.09. The number of methoxy groups -OCH3 is 1. The minimum Gasteiger partial charge on any atom is -0.497 e. The Kier molecular flexibility index (Phi) is 4.72. The standard InChI is InChI=1S/C14H17N3OS/c1-4-7-15-9-10(2)19-14-16-12-6-5-11(18-3)8-13(12)17-14/h1,5-6,8,10,15H,7,9H2,2-3H3,(H,16,17). The van der Waals surface area contributed by atoms with E-state index in [1.165, 1.54) is 0 Å². The van der Waals surface area contributed by atoms with E-state index < -0.39 is 0 Å². The molecular weight excluding hydrogens is 258 g/mol. The van der Waals surface area contributed by atoms with E-state index in [-0.39, 0.29) is 0 Å². The molecule has 1 heterocycles. The van der Waals surface area contributed by atoms with Crippen LogP contribution in [0.4, 0.5) is 0 Å². The van der Waals surface area contributed by atoms with Crippen LogP contribution in [-0.4, -0.2) is 35.4 Å². The molecule has 0 fully saturated rings. The van der Waals surface area contributed by atoms with Gasteiger partial charge in [-0.05, 0) is 12.1 Å². The lowest BCUT2D eigenvalue weighted by atomic mass is 10.3. The second-order valence-corrected chi connectivity index (χ2v) is 5.62. The smallest absolute Gasteiger partial charge is 0.166 e. The number of aromatic nitrogens is 2. The molecule has 0 saturated heterocycles. The number of thioether (sulfide) groups is 1. The molecule has 1 atom stereocenters. The summed E-state index contributed by atoms with van der Waals surface area (Å²) in [7, 11) is 1.66. The van der Waals surface area contributed by atoms with Crippen molar-refractivity contribution in [2.24, 2.45) is 0 Å². The van der Waals surface area contributed by atoms with Gasteiger partial charge < -0.3 is 15.0 Å². The summed E-state index contributed by atoms with van der Waals surface area (Å²) in [6.45, 7) is 3.60. The monoisotopic (exact) mass is 275 g/mol. The van der Waals surface area contributed by atoms with Crippen molar-refractivity contribution in [3.63, 3.8) is 0 Å². The van der Waals surface area contributed by atoms with Crippen LogP contribution in [-0.2, 0) is 0 Å². The Morgan fingerprint density at radius 1 is 1.58 bits per heavy atom. The van der Waals surface area contributed by atoms with Crippen LogP contribution in [0.1, 0.15) is 6.92 Å². The van der Waals surface area contributed by atoms with E-state index in [2.05, 4.69) is 28.1 Å². The van der Waals surface area contributed by atoms with Crippen molar-refractivity contribution in [1.82, 2.24) is 15.3 Å². The maximum Gasteiger partial charge on any atom is 0.166 e. The minimum atomic E-state index is 0.399. The van der Waals surface area contributed by atoms with Crippen LogP contribution in [0.5, 0.6) is 5.75 Å². The number of rotatable bonds is 6. The number of H-pyrrole nitrogens is 1. The lowest BCUT2D eigenvalue weighted by Crippen LogP contribution is -2.22. The van der Waals surface area contributed by atoms with Crippen molar-refractivity contribution in [3.8, 4) is 18.1 Å². The summed E-state index contributed by atoms with van der Waals surface area (Å²) in [6.07, 6.45) is 5.20. The van der Waals surface area contributed by atoms with E-state index in [1.807, 2.05) is 18.2 Å². The average molecular weight is 275 g/mol. The Balaban J connectivity index is 2.03. The van der Waals surface area contributed by atoms with Crippen molar-refractivity contribution in [2.45, 2.75) is 17.3 Å². The van der Waals surface area contributed by atoms with Gasteiger partial charge in [0.1, 0.15) is 5.75 Å². The number of fused-ring (bicyclic) bond motifs is 1. The Labute approximate surface area is 117 Å². The molecule has 0 bridgehead atoms. The van der Waals surface area contributed by atoms with Gasteiger partial charge in [0.2, 0.25) is 0 Å². The molecule has 19 heavy (non-hydrogen) atoms. The first-order valence-electron chi connectivity index (χ1n) is 6.07. The molecule has 0 aliphatic rings. The van der Waals surface area contributed by atoms with Gasteiger partial charge in [-0.25, -0.2) is 4.98 Å². The fourth-order valence-electron chi connectivity index (χ4n) is 1.73. The second kappa shape index (κ2) is 6.50. The number of nitrogens with one attached hydrogen (secondary N) is 2. The third kappa shape index (κ3) is 3.66. The molecule has 2 aromatic rings. The van der Waals surface area contributed by atoms with Gasteiger partial charge in [-0.15, -0.1) is 6.42 Å². The van der Waals surface area contributed by atoms with Crippen LogP contribution < -0.4 is 10.1 Å². The van der Waals surface area contributed by atoms with Gasteiger partial charge in [0.15, 0.2) is 5.16 Å². The van der Waals surface area contributed by atoms with Gasteiger partial charge in [0, 0.05) is 17.9 Å². The van der Waals surface area contributed by atoms with E-state index >= 15 is 0 Å². The molecular formula is C14H17N3OS. The molecule has 1 aromatic carbocycles. The molecule has 4 nitrogen and oxygen atoms in total. The fraction of sp³-hybridized carbons (Fsp3) is 0.357. The molecule has 1 aromatic heterocycles. The molecule has 0 amide bonds. The fourth-order valence-corrected chi connectivity index (χ4v) is 2.63. The average Bonchev–Trinajstić information content (AvgIpc) is 2.79. The van der Waals surface area contributed by atoms with Crippen LogP contribution in [0.25, 0.3) is 11.0 Å². The summed E-state index contributed by atoms with van der Waals surface area (Å²) in [5.41, 5.74) is 1.94. The molecule has 0 aliphatic carbocycles. The van der Waals surface area contributed by atoms with Crippen molar-refractivity contribution in [2.75, 3.05) is 20.2 Å². The van der Waals surface area contributed by atoms with Gasteiger partial charge in [-0.2, -0.15) is 0 Å². The topological polar surface area (TPSA) is 49.9 Å². The van der Waals surface area contributed by atoms with Crippen molar-refractivity contribution >= 4 is 22.8 Å². The number of nitrogens with zero attached hydrogens (tertiary/aromatic N) is 1. The van der Waals surface area contributed by atoms with E-state index in [9.17, 15) is 0 Å². The lowest BCUT2D eigenvalue weighted by Gasteiger charge is -2.08. The van der Waals surface area contributed by atoms with Crippen LogP contribution >= 0.6 is 11.8 Å². The summed E-state index contributed by atoms with van der Waals surface area (Å²) in [6, 6.07) is 5.82. The summed E-state index contributed by atoms with van der Waals surface area (Å²) >= 11 is 1.69. The van der Waals surface area contributed by atoms with Gasteiger partial charge in [0.05, 0.1) is 24.7 Å². The van der Waals surface area contributed by atoms with Crippen LogP contribution in [0.15, 0.2) is 23.4 Å². The number of imidazole rings is 1. The van der Waals surface area contributed by atoms with Gasteiger partial charge in [-0.1, -0.05) is 24.6 Å². The zero-order chi connectivity index (χ0) is 13.7. The van der Waals surface area contributed by atoms with Crippen molar-refractivity contribution in [1.29, 1.82) is 0 Å². The zero-order valence-corrected chi connectivity index (χ0v) is 11.9. The number of terminal acetylenes is 1. The molecule has 100 valence electrons. The number of hydrogen-bond acceptors (Lipinski definition) is 4. The number of hydrogen-bond donors (Lipinski definition) is 2. The van der Waals surface area contributed by atoms with E-state index in [4.69, 9.17) is 11.2 Å². The molecule has 0 aliphatic heterocycles. The van der Waals surface area contributed by atoms with Gasteiger partial charge >= 0.3 is 0 Å². The summed E-state index contributed by atoms with van der Waals surface area (Å²) in [5, 5.41) is 4.50. The highest BCUT2D eigenvalue weighted by Crippen LogP contribution is 2.25. The van der Waals surface area contributed by atoms with Gasteiger partial charge in [-0.3, -0.25) is 0 Å². The highest BCUT2D eigenvalue weighted by atomic mass is 32.2. The Hall–Kier alpha value is -1.64. The maximum atomic E-state index is 5.20. The van der Waals surface area contributed by atoms with Crippen molar-refractivity contribution in [3.05, 3.63) is 18.2 Å². The summed E-state index contributed by atoms with van der Waals surface area (Å²) < 4.78 is 5.19. The van der Waals surface area contributed by atoms with E-state index in [0.29, 0.717) is 11.8 Å². The van der Waals surface area contributed by atoms with E-state index in [1.54, 1.807) is 18.9 Å². The molecule has 0 spiro atoms. The highest BCUT2D eigenvalue weighted by molar-refractivity contribution is 7.99. The number of ether oxygens (including phenoxy) is 1. The third-order valence-electron chi connectivity index (χ3n) is 2.64. The minimum absolute atomic E-state index is 0.399. The summed E-state index contributed by atoms with van der Waals surface area (Å²) in [4.78, 5) is 7.84. The lowest BCUT2D eigenvalue weighted by molar-refractivity contribution is 0.415. The maximum absolute atomic E-state index is 5.20. The quantitative estimate of drug-likeness (QED) is 0.482. The molecule has 2 rings (SSSR count). The van der Waals surface area contributed by atoms with Crippen molar-refractivity contribution < 1.29 is 4.74 Å². The molecule has 5 heteroatoms. The molecule has 0 radical (unpaired) electrons. The van der Waals surface area contributed by atoms with Crippen LogP contribution in [0, 0.1) is 12.3 Å². The number of aromatic amines is 1. The largest absolute Gasteiger partial charge is 0.497 e. The SMILES string of the molecule is C#CCNCC(C)Sc1nc2ccc(OC)cc2[nH]1. The molecule has 2 N–H and O–H groups in total. The Bertz CT molecular complexity index is 588. The first-order valence-corrected chi connectivity index (χ1v) is 6.95. The third-order valence-corrected chi connectivity index (χ3v) is 3.62. The van der Waals surface area contributed by atoms with Crippen LogP contribution in [0.2, 0.25) is 0 Å². The second-order valence-electron chi connectivity index (χ2n) is 4.19. The Morgan fingerprint density at radius 2 is 2.42 bits per heavy atom. The van der Waals surface area contributed by atoms with Gasteiger partial charge in [0.25, 0.3) is 0 Å². The number of benzene rings is 1. The first kappa shape index (κ1) is 13.8. The molecule has 0 saturated carbocycles. The predicted molar refractivity (Wildman–Crippen MR) is 79.7 cm³/mol. The molecule has 1 unspecified atom stereocenters.